The normalized spacial score (nSPS) is 15.6. The molecule has 0 amide bonds. The number of hydrogen-bond acceptors (Lipinski definition) is 1. The second kappa shape index (κ2) is 4.14. The van der Waals surface area contributed by atoms with Gasteiger partial charge < -0.3 is 5.73 Å². The summed E-state index contributed by atoms with van der Waals surface area (Å²) in [6, 6.07) is 8.47. The third-order valence-corrected chi connectivity index (χ3v) is 3.15. The second-order valence-electron chi connectivity index (χ2n) is 4.76. The minimum Gasteiger partial charge on any atom is -0.325 e. The first kappa shape index (κ1) is 11.3. The number of aryl methyl sites for hydroxylation is 1. The van der Waals surface area contributed by atoms with Crippen molar-refractivity contribution in [1.29, 1.82) is 0 Å². The van der Waals surface area contributed by atoms with E-state index in [9.17, 15) is 0 Å². The van der Waals surface area contributed by atoms with Crippen LogP contribution < -0.4 is 5.73 Å². The molecule has 78 valence electrons. The van der Waals surface area contributed by atoms with E-state index >= 15 is 0 Å². The summed E-state index contributed by atoms with van der Waals surface area (Å²) in [6.45, 7) is 8.63. The van der Waals surface area contributed by atoms with Crippen LogP contribution in [-0.4, -0.2) is 5.54 Å². The van der Waals surface area contributed by atoms with E-state index in [-0.39, 0.29) is 5.54 Å². The highest BCUT2D eigenvalue weighted by atomic mass is 14.7. The van der Waals surface area contributed by atoms with E-state index in [4.69, 9.17) is 5.73 Å². The van der Waals surface area contributed by atoms with Crippen LogP contribution in [0, 0.1) is 12.8 Å². The van der Waals surface area contributed by atoms with Crippen LogP contribution in [0.15, 0.2) is 24.3 Å². The summed E-state index contributed by atoms with van der Waals surface area (Å²) in [5.74, 6) is 0.502. The van der Waals surface area contributed by atoms with Crippen molar-refractivity contribution in [3.8, 4) is 0 Å². The summed E-state index contributed by atoms with van der Waals surface area (Å²) in [5, 5.41) is 0. The summed E-state index contributed by atoms with van der Waals surface area (Å²) in [5.41, 5.74) is 8.86. The van der Waals surface area contributed by atoms with Crippen LogP contribution in [0.25, 0.3) is 0 Å². The van der Waals surface area contributed by atoms with Crippen molar-refractivity contribution < 1.29 is 0 Å². The predicted molar refractivity (Wildman–Crippen MR) is 62.3 cm³/mol. The molecule has 0 spiro atoms. The molecule has 1 aromatic rings. The van der Waals surface area contributed by atoms with Crippen molar-refractivity contribution >= 4 is 0 Å². The fourth-order valence-electron chi connectivity index (χ4n) is 1.42. The Hall–Kier alpha value is -0.820. The van der Waals surface area contributed by atoms with Crippen LogP contribution in [0.5, 0.6) is 0 Å². The van der Waals surface area contributed by atoms with Crippen LogP contribution in [0.3, 0.4) is 0 Å². The Balaban J connectivity index is 2.84. The Kier molecular flexibility index (Phi) is 3.33. The zero-order chi connectivity index (χ0) is 10.8. The first-order valence-electron chi connectivity index (χ1n) is 5.27. The zero-order valence-corrected chi connectivity index (χ0v) is 9.67. The third-order valence-electron chi connectivity index (χ3n) is 3.15. The topological polar surface area (TPSA) is 26.0 Å². The van der Waals surface area contributed by atoms with Gasteiger partial charge in [0.05, 0.1) is 0 Å². The highest BCUT2D eigenvalue weighted by Crippen LogP contribution is 2.20. The van der Waals surface area contributed by atoms with E-state index in [1.165, 1.54) is 11.1 Å². The molecule has 0 fully saturated rings. The Bertz CT molecular complexity index is 300. The molecule has 1 rings (SSSR count). The van der Waals surface area contributed by atoms with E-state index < -0.39 is 0 Å². The Morgan fingerprint density at radius 1 is 1.29 bits per heavy atom. The van der Waals surface area contributed by atoms with E-state index in [1.54, 1.807) is 0 Å². The van der Waals surface area contributed by atoms with Crippen molar-refractivity contribution in [2.24, 2.45) is 11.7 Å². The fraction of sp³-hybridized carbons (Fsp3) is 0.538. The molecule has 1 aromatic carbocycles. The summed E-state index contributed by atoms with van der Waals surface area (Å²) in [6.07, 6.45) is 0.956. The number of nitrogens with two attached hydrogens (primary N) is 1. The largest absolute Gasteiger partial charge is 0.325 e. The smallest absolute Gasteiger partial charge is 0.0189 e. The van der Waals surface area contributed by atoms with Gasteiger partial charge in [-0.1, -0.05) is 38.1 Å². The van der Waals surface area contributed by atoms with Crippen LogP contribution in [-0.2, 0) is 6.42 Å². The molecule has 14 heavy (non-hydrogen) atoms. The highest BCUT2D eigenvalue weighted by Gasteiger charge is 2.23. The molecule has 0 aromatic heterocycles. The summed E-state index contributed by atoms with van der Waals surface area (Å²) < 4.78 is 0. The van der Waals surface area contributed by atoms with E-state index in [0.29, 0.717) is 5.92 Å². The van der Waals surface area contributed by atoms with Gasteiger partial charge in [-0.2, -0.15) is 0 Å². The fourth-order valence-corrected chi connectivity index (χ4v) is 1.42. The lowest BCUT2D eigenvalue weighted by molar-refractivity contribution is 0.337. The number of rotatable bonds is 3. The van der Waals surface area contributed by atoms with Gasteiger partial charge >= 0.3 is 0 Å². The van der Waals surface area contributed by atoms with Gasteiger partial charge in [-0.05, 0) is 37.3 Å². The van der Waals surface area contributed by atoms with Crippen LogP contribution >= 0.6 is 0 Å². The standard InChI is InChI=1S/C13H21N/c1-10(2)13(4,14)9-12-8-6-5-7-11(12)3/h5-8,10H,9,14H2,1-4H3. The lowest BCUT2D eigenvalue weighted by Crippen LogP contribution is -2.44. The summed E-state index contributed by atoms with van der Waals surface area (Å²) >= 11 is 0. The SMILES string of the molecule is Cc1ccccc1CC(C)(N)C(C)C. The van der Waals surface area contributed by atoms with Crippen molar-refractivity contribution in [3.05, 3.63) is 35.4 Å². The molecule has 0 bridgehead atoms. The average molecular weight is 191 g/mol. The maximum atomic E-state index is 6.26. The van der Waals surface area contributed by atoms with Gasteiger partial charge in [0, 0.05) is 5.54 Å². The van der Waals surface area contributed by atoms with Crippen molar-refractivity contribution in [1.82, 2.24) is 0 Å². The molecule has 0 heterocycles. The van der Waals surface area contributed by atoms with Crippen molar-refractivity contribution in [2.75, 3.05) is 0 Å². The van der Waals surface area contributed by atoms with Crippen LogP contribution in [0.1, 0.15) is 31.9 Å². The molecule has 0 aliphatic rings. The number of hydrogen-bond donors (Lipinski definition) is 1. The molecule has 2 N–H and O–H groups in total. The van der Waals surface area contributed by atoms with Gasteiger partial charge in [-0.25, -0.2) is 0 Å². The predicted octanol–water partition coefficient (Wildman–Crippen LogP) is 2.91. The van der Waals surface area contributed by atoms with Gasteiger partial charge in [0.2, 0.25) is 0 Å². The molecular formula is C13H21N. The van der Waals surface area contributed by atoms with Gasteiger partial charge in [0.25, 0.3) is 0 Å². The lowest BCUT2D eigenvalue weighted by Gasteiger charge is -2.29. The van der Waals surface area contributed by atoms with E-state index in [0.717, 1.165) is 6.42 Å². The van der Waals surface area contributed by atoms with Gasteiger partial charge in [-0.3, -0.25) is 0 Å². The third kappa shape index (κ3) is 2.58. The summed E-state index contributed by atoms with van der Waals surface area (Å²) in [7, 11) is 0. The van der Waals surface area contributed by atoms with Crippen LogP contribution in [0.4, 0.5) is 0 Å². The molecule has 0 saturated carbocycles. The van der Waals surface area contributed by atoms with Crippen molar-refractivity contribution in [2.45, 2.75) is 39.7 Å². The van der Waals surface area contributed by atoms with Gasteiger partial charge in [0.15, 0.2) is 0 Å². The molecule has 0 aliphatic carbocycles. The highest BCUT2D eigenvalue weighted by molar-refractivity contribution is 5.27. The molecule has 1 nitrogen and oxygen atoms in total. The van der Waals surface area contributed by atoms with E-state index in [2.05, 4.69) is 52.0 Å². The average Bonchev–Trinajstić information content (AvgIpc) is 2.08. The minimum atomic E-state index is -0.105. The molecule has 1 atom stereocenters. The molecule has 1 heteroatoms. The van der Waals surface area contributed by atoms with Crippen LogP contribution in [0.2, 0.25) is 0 Å². The Morgan fingerprint density at radius 2 is 1.86 bits per heavy atom. The maximum absolute atomic E-state index is 6.26. The van der Waals surface area contributed by atoms with Gasteiger partial charge in [0.1, 0.15) is 0 Å². The van der Waals surface area contributed by atoms with Crippen molar-refractivity contribution in [3.63, 3.8) is 0 Å². The maximum Gasteiger partial charge on any atom is 0.0189 e. The quantitative estimate of drug-likeness (QED) is 0.781. The molecule has 0 aliphatic heterocycles. The summed E-state index contributed by atoms with van der Waals surface area (Å²) in [4.78, 5) is 0. The Labute approximate surface area is 87.3 Å². The van der Waals surface area contributed by atoms with Gasteiger partial charge in [-0.15, -0.1) is 0 Å². The second-order valence-corrected chi connectivity index (χ2v) is 4.76. The first-order chi connectivity index (χ1) is 6.43. The van der Waals surface area contributed by atoms with E-state index in [1.807, 2.05) is 0 Å². The first-order valence-corrected chi connectivity index (χ1v) is 5.27. The minimum absolute atomic E-state index is 0.105. The zero-order valence-electron chi connectivity index (χ0n) is 9.67. The molecule has 0 saturated heterocycles. The molecular weight excluding hydrogens is 170 g/mol. The lowest BCUT2D eigenvalue weighted by atomic mass is 9.83. The Morgan fingerprint density at radius 3 is 2.36 bits per heavy atom. The monoisotopic (exact) mass is 191 g/mol. The molecule has 0 radical (unpaired) electrons. The molecule has 1 unspecified atom stereocenters. The number of benzene rings is 1.